The highest BCUT2D eigenvalue weighted by Crippen LogP contribution is 2.17. The largest absolute Gasteiger partial charge is 0.369 e. The first-order valence-corrected chi connectivity index (χ1v) is 4.84. The molecule has 0 aromatic carbocycles. The number of nitrogens with one attached hydrogen (secondary N) is 1. The van der Waals surface area contributed by atoms with Crippen molar-refractivity contribution < 1.29 is 9.59 Å². The van der Waals surface area contributed by atoms with Gasteiger partial charge in [-0.05, 0) is 6.42 Å². The number of carbonyl (C=O) groups excluding carboxylic acids is 2. The van der Waals surface area contributed by atoms with Crippen molar-refractivity contribution in [3.05, 3.63) is 5.82 Å². The van der Waals surface area contributed by atoms with Crippen molar-refractivity contribution in [2.75, 3.05) is 18.8 Å². The Morgan fingerprint density at radius 1 is 1.50 bits per heavy atom. The van der Waals surface area contributed by atoms with Gasteiger partial charge in [0.05, 0.1) is 5.92 Å². The average Bonchev–Trinajstić information content (AvgIpc) is 2.84. The van der Waals surface area contributed by atoms with E-state index in [1.54, 1.807) is 0 Å². The van der Waals surface area contributed by atoms with E-state index in [2.05, 4.69) is 15.2 Å². The Bertz CT molecular complexity index is 428. The fraction of sp³-hybridized carbons (Fsp3) is 0.500. The standard InChI is InChI=1S/C8H12N6O2/c9-5(15)4-1-2-14(3-4)7(16)6-11-8(10)13-12-6/h4H,1-3H2,(H2,9,15)(H3,10,11,12,13). The molecule has 2 rings (SSSR count). The summed E-state index contributed by atoms with van der Waals surface area (Å²) < 4.78 is 0. The highest BCUT2D eigenvalue weighted by atomic mass is 16.2. The van der Waals surface area contributed by atoms with Gasteiger partial charge in [0, 0.05) is 13.1 Å². The molecule has 1 aliphatic rings. The first kappa shape index (κ1) is 10.4. The quantitative estimate of drug-likeness (QED) is 0.553. The number of aromatic nitrogens is 3. The number of carbonyl (C=O) groups is 2. The minimum Gasteiger partial charge on any atom is -0.369 e. The number of nitrogen functional groups attached to an aromatic ring is 1. The summed E-state index contributed by atoms with van der Waals surface area (Å²) in [4.78, 5) is 28.0. The number of nitrogens with two attached hydrogens (primary N) is 2. The van der Waals surface area contributed by atoms with Crippen molar-refractivity contribution in [1.29, 1.82) is 0 Å². The second-order valence-electron chi connectivity index (χ2n) is 3.68. The summed E-state index contributed by atoms with van der Waals surface area (Å²) in [7, 11) is 0. The number of primary amides is 1. The number of hydrogen-bond acceptors (Lipinski definition) is 5. The Balaban J connectivity index is 2.05. The number of likely N-dealkylation sites (tertiary alicyclic amines) is 1. The molecule has 0 saturated carbocycles. The molecule has 1 saturated heterocycles. The van der Waals surface area contributed by atoms with Crippen LogP contribution in [-0.2, 0) is 4.79 Å². The van der Waals surface area contributed by atoms with Crippen LogP contribution in [-0.4, -0.2) is 45.0 Å². The molecular weight excluding hydrogens is 212 g/mol. The van der Waals surface area contributed by atoms with E-state index in [0.717, 1.165) is 0 Å². The van der Waals surface area contributed by atoms with Crippen LogP contribution in [0.1, 0.15) is 17.0 Å². The van der Waals surface area contributed by atoms with Gasteiger partial charge in [0.2, 0.25) is 17.7 Å². The summed E-state index contributed by atoms with van der Waals surface area (Å²) in [5.74, 6) is -0.860. The van der Waals surface area contributed by atoms with Gasteiger partial charge < -0.3 is 16.4 Å². The molecule has 0 bridgehead atoms. The van der Waals surface area contributed by atoms with Crippen LogP contribution in [0.4, 0.5) is 5.95 Å². The molecule has 8 nitrogen and oxygen atoms in total. The minimum absolute atomic E-state index is 0.0222. The maximum Gasteiger partial charge on any atom is 0.291 e. The van der Waals surface area contributed by atoms with Gasteiger partial charge in [0.1, 0.15) is 0 Å². The zero-order valence-corrected chi connectivity index (χ0v) is 8.51. The molecule has 0 aliphatic carbocycles. The Kier molecular flexibility index (Phi) is 2.47. The summed E-state index contributed by atoms with van der Waals surface area (Å²) in [5.41, 5.74) is 10.5. The lowest BCUT2D eigenvalue weighted by molar-refractivity contribution is -0.121. The van der Waals surface area contributed by atoms with Gasteiger partial charge in [-0.25, -0.2) is 0 Å². The molecule has 1 atom stereocenters. The van der Waals surface area contributed by atoms with Crippen LogP contribution in [0.5, 0.6) is 0 Å². The Morgan fingerprint density at radius 3 is 2.75 bits per heavy atom. The fourth-order valence-electron chi connectivity index (χ4n) is 1.70. The van der Waals surface area contributed by atoms with Crippen LogP contribution in [0.15, 0.2) is 0 Å². The molecule has 1 aliphatic heterocycles. The number of anilines is 1. The number of rotatable bonds is 2. The monoisotopic (exact) mass is 224 g/mol. The van der Waals surface area contributed by atoms with Gasteiger partial charge in [-0.15, -0.1) is 5.10 Å². The smallest absolute Gasteiger partial charge is 0.291 e. The molecular formula is C8H12N6O2. The molecule has 1 fully saturated rings. The summed E-state index contributed by atoms with van der Waals surface area (Å²) in [6.45, 7) is 0.821. The van der Waals surface area contributed by atoms with E-state index in [4.69, 9.17) is 11.5 Å². The normalized spacial score (nSPS) is 20.0. The Morgan fingerprint density at radius 2 is 2.25 bits per heavy atom. The van der Waals surface area contributed by atoms with Crippen LogP contribution in [0, 0.1) is 5.92 Å². The summed E-state index contributed by atoms with van der Waals surface area (Å²) in [5, 5.41) is 6.00. The van der Waals surface area contributed by atoms with Crippen molar-refractivity contribution in [3.63, 3.8) is 0 Å². The third-order valence-electron chi connectivity index (χ3n) is 2.58. The molecule has 0 spiro atoms. The van der Waals surface area contributed by atoms with Gasteiger partial charge >= 0.3 is 0 Å². The molecule has 8 heteroatoms. The lowest BCUT2D eigenvalue weighted by Crippen LogP contribution is -2.32. The topological polar surface area (TPSA) is 131 Å². The van der Waals surface area contributed by atoms with Crippen molar-refractivity contribution in [2.24, 2.45) is 11.7 Å². The van der Waals surface area contributed by atoms with E-state index in [9.17, 15) is 9.59 Å². The Labute approximate surface area is 91.0 Å². The van der Waals surface area contributed by atoms with E-state index in [1.165, 1.54) is 4.90 Å². The maximum atomic E-state index is 11.8. The van der Waals surface area contributed by atoms with Gasteiger partial charge in [-0.1, -0.05) is 0 Å². The van der Waals surface area contributed by atoms with Gasteiger partial charge in [-0.2, -0.15) is 4.98 Å². The van der Waals surface area contributed by atoms with Crippen LogP contribution in [0.2, 0.25) is 0 Å². The molecule has 0 radical (unpaired) electrons. The van der Waals surface area contributed by atoms with Gasteiger partial charge in [0.25, 0.3) is 5.91 Å². The van der Waals surface area contributed by atoms with Crippen LogP contribution in [0.25, 0.3) is 0 Å². The van der Waals surface area contributed by atoms with E-state index in [-0.39, 0.29) is 29.5 Å². The van der Waals surface area contributed by atoms with Crippen LogP contribution < -0.4 is 11.5 Å². The van der Waals surface area contributed by atoms with Gasteiger partial charge in [-0.3, -0.25) is 14.7 Å². The fourth-order valence-corrected chi connectivity index (χ4v) is 1.70. The SMILES string of the molecule is NC(=O)C1CCN(C(=O)c2nc(N)n[nH]2)C1. The number of aromatic amines is 1. The lowest BCUT2D eigenvalue weighted by Gasteiger charge is -2.13. The van der Waals surface area contributed by atoms with Crippen LogP contribution >= 0.6 is 0 Å². The second kappa shape index (κ2) is 3.80. The predicted octanol–water partition coefficient (Wildman–Crippen LogP) is -1.67. The molecule has 1 aromatic rings. The van der Waals surface area contributed by atoms with E-state index >= 15 is 0 Å². The van der Waals surface area contributed by atoms with Crippen molar-refractivity contribution in [2.45, 2.75) is 6.42 Å². The number of amides is 2. The molecule has 2 heterocycles. The number of H-pyrrole nitrogens is 1. The molecule has 1 aromatic heterocycles. The number of hydrogen-bond donors (Lipinski definition) is 3. The third kappa shape index (κ3) is 1.81. The van der Waals surface area contributed by atoms with Crippen molar-refractivity contribution >= 4 is 17.8 Å². The molecule has 1 unspecified atom stereocenters. The van der Waals surface area contributed by atoms with Crippen molar-refractivity contribution in [3.8, 4) is 0 Å². The Hall–Kier alpha value is -2.12. The molecule has 16 heavy (non-hydrogen) atoms. The first-order chi connectivity index (χ1) is 7.58. The first-order valence-electron chi connectivity index (χ1n) is 4.84. The summed E-state index contributed by atoms with van der Waals surface area (Å²) in [6.07, 6.45) is 0.588. The minimum atomic E-state index is -0.382. The summed E-state index contributed by atoms with van der Waals surface area (Å²) >= 11 is 0. The molecule has 86 valence electrons. The van der Waals surface area contributed by atoms with Crippen molar-refractivity contribution in [1.82, 2.24) is 20.1 Å². The van der Waals surface area contributed by atoms with E-state index in [1.807, 2.05) is 0 Å². The third-order valence-corrected chi connectivity index (χ3v) is 2.58. The zero-order chi connectivity index (χ0) is 11.7. The van der Waals surface area contributed by atoms with E-state index in [0.29, 0.717) is 19.5 Å². The highest BCUT2D eigenvalue weighted by Gasteiger charge is 2.31. The van der Waals surface area contributed by atoms with Gasteiger partial charge in [0.15, 0.2) is 0 Å². The lowest BCUT2D eigenvalue weighted by atomic mass is 10.1. The van der Waals surface area contributed by atoms with E-state index < -0.39 is 0 Å². The zero-order valence-electron chi connectivity index (χ0n) is 8.51. The van der Waals surface area contributed by atoms with Crippen LogP contribution in [0.3, 0.4) is 0 Å². The molecule has 5 N–H and O–H groups in total. The second-order valence-corrected chi connectivity index (χ2v) is 3.68. The maximum absolute atomic E-state index is 11.8. The molecule has 2 amide bonds. The summed E-state index contributed by atoms with van der Waals surface area (Å²) in [6, 6.07) is 0. The number of nitrogens with zero attached hydrogens (tertiary/aromatic N) is 3. The predicted molar refractivity (Wildman–Crippen MR) is 54.0 cm³/mol. The average molecular weight is 224 g/mol. The highest BCUT2D eigenvalue weighted by molar-refractivity contribution is 5.91.